The van der Waals surface area contributed by atoms with Gasteiger partial charge in [-0.2, -0.15) is 0 Å². The lowest BCUT2D eigenvalue weighted by atomic mass is 10.1. The van der Waals surface area contributed by atoms with Crippen molar-refractivity contribution in [1.82, 2.24) is 15.1 Å². The first-order valence-electron chi connectivity index (χ1n) is 10.6. The van der Waals surface area contributed by atoms with E-state index in [4.69, 9.17) is 11.6 Å². The highest BCUT2D eigenvalue weighted by Crippen LogP contribution is 2.20. The van der Waals surface area contributed by atoms with E-state index in [1.807, 2.05) is 73.3 Å². The summed E-state index contributed by atoms with van der Waals surface area (Å²) in [4.78, 5) is 31.7. The van der Waals surface area contributed by atoms with E-state index in [0.29, 0.717) is 17.6 Å². The van der Waals surface area contributed by atoms with Crippen LogP contribution >= 0.6 is 11.6 Å². The number of likely N-dealkylation sites (N-methyl/N-ethyl adjacent to an activating group) is 1. The lowest BCUT2D eigenvalue weighted by molar-refractivity contribution is -0.128. The number of anilines is 1. The average molecular weight is 443 g/mol. The van der Waals surface area contributed by atoms with Gasteiger partial charge in [0.15, 0.2) is 0 Å². The number of hydrogen-bond donors (Lipinski definition) is 1. The van der Waals surface area contributed by atoms with Crippen LogP contribution in [0.2, 0.25) is 5.02 Å². The molecule has 1 atom stereocenters. The topological polar surface area (TPSA) is 55.9 Å². The number of nitrogens with zero attached hydrogens (tertiary/aromatic N) is 3. The smallest absolute Gasteiger partial charge is 0.242 e. The Morgan fingerprint density at radius 2 is 1.90 bits per heavy atom. The van der Waals surface area contributed by atoms with Crippen molar-refractivity contribution in [3.63, 3.8) is 0 Å². The van der Waals surface area contributed by atoms with Crippen molar-refractivity contribution in [2.75, 3.05) is 45.2 Å². The maximum Gasteiger partial charge on any atom is 0.242 e. The number of nitrogens with one attached hydrogen (secondary N) is 1. The normalized spacial score (nSPS) is 15.9. The number of hydrogen-bond acceptors (Lipinski definition) is 4. The molecule has 1 aliphatic rings. The molecule has 1 aliphatic heterocycles. The standard InChI is InChI=1S/C24H31ClN4O2/c1-18-7-4-5-10-22(18)29(17-24(31)28-12-11-21(15-28)27(2)3)16-23(30)26-14-19-8-6-9-20(25)13-19/h4-10,13,21H,11-12,14-17H2,1-3H3,(H,26,30). The zero-order valence-electron chi connectivity index (χ0n) is 18.5. The first-order chi connectivity index (χ1) is 14.8. The minimum Gasteiger partial charge on any atom is -0.353 e. The Kier molecular flexibility index (Phi) is 7.93. The van der Waals surface area contributed by atoms with Crippen LogP contribution in [0.5, 0.6) is 0 Å². The lowest BCUT2D eigenvalue weighted by Gasteiger charge is -2.28. The highest BCUT2D eigenvalue weighted by Gasteiger charge is 2.29. The minimum absolute atomic E-state index is 0.0512. The first-order valence-corrected chi connectivity index (χ1v) is 11.0. The van der Waals surface area contributed by atoms with Gasteiger partial charge in [-0.25, -0.2) is 0 Å². The molecule has 3 rings (SSSR count). The van der Waals surface area contributed by atoms with Crippen molar-refractivity contribution in [1.29, 1.82) is 0 Å². The summed E-state index contributed by atoms with van der Waals surface area (Å²) in [7, 11) is 4.09. The number of carbonyl (C=O) groups is 2. The monoisotopic (exact) mass is 442 g/mol. The van der Waals surface area contributed by atoms with Gasteiger partial charge in [0.2, 0.25) is 11.8 Å². The van der Waals surface area contributed by atoms with Gasteiger partial charge >= 0.3 is 0 Å². The summed E-state index contributed by atoms with van der Waals surface area (Å²) < 4.78 is 0. The van der Waals surface area contributed by atoms with E-state index in [-0.39, 0.29) is 24.9 Å². The molecule has 1 N–H and O–H groups in total. The van der Waals surface area contributed by atoms with Gasteiger partial charge in [-0.3, -0.25) is 9.59 Å². The third-order valence-electron chi connectivity index (χ3n) is 5.74. The molecule has 0 bridgehead atoms. The van der Waals surface area contributed by atoms with Crippen molar-refractivity contribution in [3.05, 3.63) is 64.7 Å². The molecule has 0 spiro atoms. The fourth-order valence-electron chi connectivity index (χ4n) is 3.87. The molecule has 6 nitrogen and oxygen atoms in total. The van der Waals surface area contributed by atoms with E-state index in [0.717, 1.165) is 36.3 Å². The molecule has 0 aromatic heterocycles. The maximum atomic E-state index is 13.0. The molecule has 1 heterocycles. The Morgan fingerprint density at radius 3 is 2.58 bits per heavy atom. The third-order valence-corrected chi connectivity index (χ3v) is 5.98. The van der Waals surface area contributed by atoms with E-state index in [1.54, 1.807) is 6.07 Å². The molecule has 0 aliphatic carbocycles. The maximum absolute atomic E-state index is 13.0. The first kappa shape index (κ1) is 23.1. The SMILES string of the molecule is Cc1ccccc1N(CC(=O)NCc1cccc(Cl)c1)CC(=O)N1CCC(N(C)C)C1. The van der Waals surface area contributed by atoms with Crippen LogP contribution in [0.1, 0.15) is 17.5 Å². The van der Waals surface area contributed by atoms with Crippen LogP contribution < -0.4 is 10.2 Å². The van der Waals surface area contributed by atoms with Gasteiger partial charge in [0, 0.05) is 36.4 Å². The average Bonchev–Trinajstić information content (AvgIpc) is 3.23. The second-order valence-corrected chi connectivity index (χ2v) is 8.73. The highest BCUT2D eigenvalue weighted by atomic mass is 35.5. The number of carbonyl (C=O) groups excluding carboxylic acids is 2. The van der Waals surface area contributed by atoms with Gasteiger partial charge in [-0.15, -0.1) is 0 Å². The van der Waals surface area contributed by atoms with Gasteiger partial charge in [-0.1, -0.05) is 41.9 Å². The largest absolute Gasteiger partial charge is 0.353 e. The Balaban J connectivity index is 1.66. The predicted molar refractivity (Wildman–Crippen MR) is 125 cm³/mol. The van der Waals surface area contributed by atoms with Gasteiger partial charge < -0.3 is 20.0 Å². The number of benzene rings is 2. The van der Waals surface area contributed by atoms with Crippen molar-refractivity contribution >= 4 is 29.1 Å². The highest BCUT2D eigenvalue weighted by molar-refractivity contribution is 6.30. The summed E-state index contributed by atoms with van der Waals surface area (Å²) in [5, 5.41) is 3.58. The van der Waals surface area contributed by atoms with Gasteiger partial charge in [0.1, 0.15) is 0 Å². The molecule has 2 amide bonds. The summed E-state index contributed by atoms with van der Waals surface area (Å²) in [6.45, 7) is 4.16. The summed E-state index contributed by atoms with van der Waals surface area (Å²) in [5.74, 6) is -0.0844. The molecule has 31 heavy (non-hydrogen) atoms. The Labute approximate surface area is 189 Å². The zero-order chi connectivity index (χ0) is 22.4. The van der Waals surface area contributed by atoms with Crippen LogP contribution in [0, 0.1) is 6.92 Å². The molecular formula is C24H31ClN4O2. The summed E-state index contributed by atoms with van der Waals surface area (Å²) >= 11 is 6.03. The molecule has 2 aromatic carbocycles. The van der Waals surface area contributed by atoms with Gasteiger partial charge in [0.05, 0.1) is 13.1 Å². The van der Waals surface area contributed by atoms with E-state index in [2.05, 4.69) is 10.2 Å². The molecule has 1 saturated heterocycles. The second kappa shape index (κ2) is 10.6. The third kappa shape index (κ3) is 6.45. The van der Waals surface area contributed by atoms with E-state index >= 15 is 0 Å². The van der Waals surface area contributed by atoms with Crippen LogP contribution in [0.4, 0.5) is 5.69 Å². The molecule has 2 aromatic rings. The van der Waals surface area contributed by atoms with Crippen molar-refractivity contribution in [3.8, 4) is 0 Å². The van der Waals surface area contributed by atoms with Crippen molar-refractivity contribution < 1.29 is 9.59 Å². The molecule has 0 radical (unpaired) electrons. The summed E-state index contributed by atoms with van der Waals surface area (Å²) in [5.41, 5.74) is 2.87. The van der Waals surface area contributed by atoms with Gasteiger partial charge in [0.25, 0.3) is 0 Å². The minimum atomic E-state index is -0.136. The number of rotatable bonds is 8. The van der Waals surface area contributed by atoms with E-state index in [9.17, 15) is 9.59 Å². The quantitative estimate of drug-likeness (QED) is 0.683. The molecule has 166 valence electrons. The van der Waals surface area contributed by atoms with Crippen LogP contribution in [0.15, 0.2) is 48.5 Å². The Morgan fingerprint density at radius 1 is 1.13 bits per heavy atom. The molecule has 1 unspecified atom stereocenters. The van der Waals surface area contributed by atoms with Crippen LogP contribution in [0.25, 0.3) is 0 Å². The van der Waals surface area contributed by atoms with E-state index in [1.165, 1.54) is 0 Å². The summed E-state index contributed by atoms with van der Waals surface area (Å²) in [6.07, 6.45) is 0.975. The van der Waals surface area contributed by atoms with Crippen molar-refractivity contribution in [2.24, 2.45) is 0 Å². The van der Waals surface area contributed by atoms with E-state index < -0.39 is 0 Å². The number of likely N-dealkylation sites (tertiary alicyclic amines) is 1. The molecule has 1 fully saturated rings. The van der Waals surface area contributed by atoms with Crippen LogP contribution in [-0.2, 0) is 16.1 Å². The summed E-state index contributed by atoms with van der Waals surface area (Å²) in [6, 6.07) is 15.6. The fraction of sp³-hybridized carbons (Fsp3) is 0.417. The molecule has 7 heteroatoms. The molecule has 0 saturated carbocycles. The number of aryl methyl sites for hydroxylation is 1. The Bertz CT molecular complexity index is 918. The number of para-hydroxylation sites is 1. The van der Waals surface area contributed by atoms with Crippen LogP contribution in [-0.4, -0.2) is 67.9 Å². The number of halogens is 1. The van der Waals surface area contributed by atoms with Crippen molar-refractivity contribution in [2.45, 2.75) is 25.9 Å². The second-order valence-electron chi connectivity index (χ2n) is 8.30. The fourth-order valence-corrected chi connectivity index (χ4v) is 4.09. The van der Waals surface area contributed by atoms with Crippen LogP contribution in [0.3, 0.4) is 0 Å². The predicted octanol–water partition coefficient (Wildman–Crippen LogP) is 2.93. The number of amides is 2. The van der Waals surface area contributed by atoms with Gasteiger partial charge in [-0.05, 0) is 56.8 Å². The Hall–Kier alpha value is -2.57. The lowest BCUT2D eigenvalue weighted by Crippen LogP contribution is -2.44. The zero-order valence-corrected chi connectivity index (χ0v) is 19.2. The molecular weight excluding hydrogens is 412 g/mol.